The van der Waals surface area contributed by atoms with E-state index >= 15 is 0 Å². The van der Waals surface area contributed by atoms with E-state index in [4.69, 9.17) is 0 Å². The third-order valence-corrected chi connectivity index (χ3v) is 9.33. The Morgan fingerprint density at radius 2 is 2.11 bits per heavy atom. The average Bonchev–Trinajstić information content (AvgIpc) is 3.23. The van der Waals surface area contributed by atoms with Gasteiger partial charge in [-0.25, -0.2) is 4.98 Å². The van der Waals surface area contributed by atoms with Crippen molar-refractivity contribution in [2.75, 3.05) is 0 Å². The number of hydrogen-bond acceptors (Lipinski definition) is 3. The normalized spacial score (nSPS) is 47.3. The minimum Gasteiger partial charge on any atom is -0.349 e. The van der Waals surface area contributed by atoms with Gasteiger partial charge in [0.05, 0.1) is 0 Å². The summed E-state index contributed by atoms with van der Waals surface area (Å²) in [6.45, 7) is 7.35. The van der Waals surface area contributed by atoms with Crippen LogP contribution in [0.1, 0.15) is 57.9 Å². The molecule has 7 atom stereocenters. The zero-order valence-corrected chi connectivity index (χ0v) is 17.4. The zero-order valence-electron chi connectivity index (χ0n) is 16.6. The van der Waals surface area contributed by atoms with Crippen LogP contribution in [-0.4, -0.2) is 16.9 Å². The lowest BCUT2D eigenvalue weighted by Gasteiger charge is -2.58. The molecular formula is C23H30N2OS. The van der Waals surface area contributed by atoms with Gasteiger partial charge >= 0.3 is 0 Å². The molecule has 2 heterocycles. The Hall–Kier alpha value is -1.42. The third-order valence-electron chi connectivity index (χ3n) is 8.60. The van der Waals surface area contributed by atoms with Crippen molar-refractivity contribution in [1.29, 1.82) is 0 Å². The summed E-state index contributed by atoms with van der Waals surface area (Å²) in [5.74, 6) is 2.97. The second kappa shape index (κ2) is 6.04. The predicted octanol–water partition coefficient (Wildman–Crippen LogP) is 5.07. The van der Waals surface area contributed by atoms with Gasteiger partial charge in [0.25, 0.3) is 0 Å². The van der Waals surface area contributed by atoms with E-state index in [0.717, 1.165) is 23.3 Å². The van der Waals surface area contributed by atoms with Gasteiger partial charge in [0, 0.05) is 23.0 Å². The average molecular weight is 383 g/mol. The number of rotatable bonds is 1. The molecule has 1 amide bonds. The second-order valence-corrected chi connectivity index (χ2v) is 10.7. The third kappa shape index (κ3) is 2.52. The molecule has 4 heteroatoms. The molecule has 1 N–H and O–H groups in total. The predicted molar refractivity (Wildman–Crippen MR) is 110 cm³/mol. The molecule has 1 aromatic heterocycles. The van der Waals surface area contributed by atoms with Gasteiger partial charge < -0.3 is 5.32 Å². The Morgan fingerprint density at radius 1 is 1.26 bits per heavy atom. The van der Waals surface area contributed by atoms with Crippen molar-refractivity contribution in [2.45, 2.75) is 58.9 Å². The van der Waals surface area contributed by atoms with Crippen LogP contribution in [-0.2, 0) is 4.79 Å². The molecule has 3 fully saturated rings. The van der Waals surface area contributed by atoms with Crippen molar-refractivity contribution in [1.82, 2.24) is 10.3 Å². The van der Waals surface area contributed by atoms with Crippen LogP contribution in [0.4, 0.5) is 0 Å². The van der Waals surface area contributed by atoms with Crippen LogP contribution in [0, 0.1) is 34.5 Å². The molecule has 3 nitrogen and oxygen atoms in total. The van der Waals surface area contributed by atoms with Crippen molar-refractivity contribution < 1.29 is 4.79 Å². The number of amides is 1. The van der Waals surface area contributed by atoms with Gasteiger partial charge in [-0.15, -0.1) is 11.3 Å². The number of nitrogens with zero attached hydrogens (tertiary/aromatic N) is 1. The maximum atomic E-state index is 11.9. The number of carbonyl (C=O) groups excluding carboxylic acids is 1. The van der Waals surface area contributed by atoms with E-state index < -0.39 is 0 Å². The molecule has 144 valence electrons. The van der Waals surface area contributed by atoms with Gasteiger partial charge in [0.15, 0.2) is 0 Å². The van der Waals surface area contributed by atoms with Crippen molar-refractivity contribution >= 4 is 23.3 Å². The minimum atomic E-state index is 0.0970. The van der Waals surface area contributed by atoms with E-state index in [2.05, 4.69) is 48.6 Å². The maximum absolute atomic E-state index is 11.9. The van der Waals surface area contributed by atoms with Crippen LogP contribution >= 0.6 is 11.3 Å². The molecular weight excluding hydrogens is 352 g/mol. The van der Waals surface area contributed by atoms with Crippen molar-refractivity contribution in [3.8, 4) is 0 Å². The second-order valence-electron chi connectivity index (χ2n) is 9.78. The van der Waals surface area contributed by atoms with Crippen LogP contribution in [0.2, 0.25) is 0 Å². The Labute approximate surface area is 166 Å². The van der Waals surface area contributed by atoms with E-state index in [1.54, 1.807) is 23.0 Å². The van der Waals surface area contributed by atoms with Gasteiger partial charge in [-0.2, -0.15) is 0 Å². The van der Waals surface area contributed by atoms with Gasteiger partial charge in [0.2, 0.25) is 5.91 Å². The Kier molecular flexibility index (Phi) is 3.95. The van der Waals surface area contributed by atoms with E-state index in [1.165, 1.54) is 25.7 Å². The van der Waals surface area contributed by atoms with Crippen molar-refractivity contribution in [3.05, 3.63) is 34.3 Å². The number of carbonyl (C=O) groups is 1. The summed E-state index contributed by atoms with van der Waals surface area (Å²) in [6.07, 6.45) is 14.6. The smallest absolute Gasteiger partial charge is 0.243 e. The molecule has 3 aliphatic carbocycles. The zero-order chi connectivity index (χ0) is 18.8. The molecule has 3 saturated carbocycles. The summed E-state index contributed by atoms with van der Waals surface area (Å²) in [5, 5.41) is 6.50. The van der Waals surface area contributed by atoms with Crippen LogP contribution in [0.3, 0.4) is 0 Å². The Balaban J connectivity index is 1.50. The molecule has 1 aliphatic heterocycles. The van der Waals surface area contributed by atoms with Crippen LogP contribution < -0.4 is 5.32 Å². The molecule has 0 radical (unpaired) electrons. The summed E-state index contributed by atoms with van der Waals surface area (Å²) in [6, 6.07) is 0.324. The maximum Gasteiger partial charge on any atom is 0.243 e. The fourth-order valence-corrected chi connectivity index (χ4v) is 7.84. The largest absolute Gasteiger partial charge is 0.349 e. The monoisotopic (exact) mass is 382 g/mol. The van der Waals surface area contributed by atoms with Crippen molar-refractivity contribution in [2.24, 2.45) is 34.5 Å². The first kappa shape index (κ1) is 17.7. The van der Waals surface area contributed by atoms with Gasteiger partial charge in [-0.05, 0) is 73.3 Å². The lowest BCUT2D eigenvalue weighted by atomic mass is 9.48. The summed E-state index contributed by atoms with van der Waals surface area (Å²) >= 11 is 1.75. The van der Waals surface area contributed by atoms with Crippen LogP contribution in [0.25, 0.3) is 6.08 Å². The topological polar surface area (TPSA) is 42.0 Å². The highest BCUT2D eigenvalue weighted by Crippen LogP contribution is 2.66. The van der Waals surface area contributed by atoms with Crippen LogP contribution in [0.5, 0.6) is 0 Å². The number of hydrogen-bond donors (Lipinski definition) is 1. The first-order valence-corrected chi connectivity index (χ1v) is 11.4. The molecule has 2 unspecified atom stereocenters. The molecule has 5 rings (SSSR count). The fourth-order valence-electron chi connectivity index (χ4n) is 7.26. The number of fused-ring (bicyclic) bond motifs is 5. The molecule has 1 aromatic rings. The molecule has 4 aliphatic rings. The van der Waals surface area contributed by atoms with Gasteiger partial charge in [-0.1, -0.05) is 32.4 Å². The van der Waals surface area contributed by atoms with Gasteiger partial charge in [-0.3, -0.25) is 4.79 Å². The molecule has 0 aromatic carbocycles. The highest BCUT2D eigenvalue weighted by molar-refractivity contribution is 7.10. The minimum absolute atomic E-state index is 0.0970. The van der Waals surface area contributed by atoms with Crippen molar-refractivity contribution in [3.63, 3.8) is 0 Å². The summed E-state index contributed by atoms with van der Waals surface area (Å²) in [4.78, 5) is 16.4. The number of allylic oxidation sites excluding steroid dienone is 1. The Bertz CT molecular complexity index is 812. The number of nitrogens with one attached hydrogen (secondary N) is 1. The van der Waals surface area contributed by atoms with E-state index in [1.807, 2.05) is 6.20 Å². The summed E-state index contributed by atoms with van der Waals surface area (Å²) in [7, 11) is 0. The molecule has 0 spiro atoms. The quantitative estimate of drug-likeness (QED) is 0.737. The van der Waals surface area contributed by atoms with E-state index in [0.29, 0.717) is 23.3 Å². The summed E-state index contributed by atoms with van der Waals surface area (Å²) in [5.41, 5.74) is 2.08. The fraction of sp³-hybridized carbons (Fsp3) is 0.652. The highest BCUT2D eigenvalue weighted by Gasteiger charge is 2.59. The lowest BCUT2D eigenvalue weighted by molar-refractivity contribution is -0.121. The molecule has 0 saturated heterocycles. The highest BCUT2D eigenvalue weighted by atomic mass is 32.1. The first-order valence-electron chi connectivity index (χ1n) is 10.5. The van der Waals surface area contributed by atoms with Gasteiger partial charge in [0.1, 0.15) is 5.01 Å². The lowest BCUT2D eigenvalue weighted by Crippen LogP contribution is -2.59. The molecule has 27 heavy (non-hydrogen) atoms. The van der Waals surface area contributed by atoms with Crippen LogP contribution in [0.15, 0.2) is 29.3 Å². The summed E-state index contributed by atoms with van der Waals surface area (Å²) < 4.78 is 0. The van der Waals surface area contributed by atoms with E-state index in [-0.39, 0.29) is 11.3 Å². The van der Waals surface area contributed by atoms with E-state index in [9.17, 15) is 4.79 Å². The number of aromatic nitrogens is 1. The molecule has 0 bridgehead atoms. The Morgan fingerprint density at radius 3 is 2.89 bits per heavy atom. The standard InChI is InChI=1S/C23H30N2OS/c1-14-12-18-15-4-5-19-23(3,9-7-20(26)25-19)16(15)6-8-22(18,2)17(14)13-21-24-10-11-27-21/h7,9-11,13-16,18-19H,4-6,8,12H2,1-3H3,(H,25,26)/t14?,15-,16-,18+,19?,22-,23-/m1/s1. The number of thiazole rings is 1. The first-order chi connectivity index (χ1) is 12.9. The SMILES string of the molecule is CC1C[C@H]2[C@@H]3CCC4NC(=O)C=C[C@]4(C)[C@@H]3CC[C@]2(C)C1=Cc1nccs1.